The minimum Gasteiger partial charge on any atom is -0.431 e. The molecule has 0 aliphatic rings. The van der Waals surface area contributed by atoms with Gasteiger partial charge in [0.05, 0.1) is 0 Å². The molecule has 0 atom stereocenters. The SMILES string of the molecule is CC(=O)Nc1ccc2c(CSc3nc4ccccc4o3)cc(=O)oc2c1. The molecule has 26 heavy (non-hydrogen) atoms. The Labute approximate surface area is 152 Å². The summed E-state index contributed by atoms with van der Waals surface area (Å²) in [6.07, 6.45) is 0. The van der Waals surface area contributed by atoms with Crippen LogP contribution >= 0.6 is 11.8 Å². The fraction of sp³-hybridized carbons (Fsp3) is 0.105. The van der Waals surface area contributed by atoms with Gasteiger partial charge in [-0.05, 0) is 29.8 Å². The van der Waals surface area contributed by atoms with Crippen LogP contribution in [-0.2, 0) is 10.5 Å². The second-order valence-electron chi connectivity index (χ2n) is 5.72. The van der Waals surface area contributed by atoms with Gasteiger partial charge in [-0.25, -0.2) is 9.78 Å². The van der Waals surface area contributed by atoms with Gasteiger partial charge in [-0.3, -0.25) is 4.79 Å². The number of aromatic nitrogens is 1. The van der Waals surface area contributed by atoms with Gasteiger partial charge in [0.2, 0.25) is 5.91 Å². The van der Waals surface area contributed by atoms with E-state index < -0.39 is 5.63 Å². The second kappa shape index (κ2) is 6.68. The number of para-hydroxylation sites is 2. The predicted octanol–water partition coefficient (Wildman–Crippen LogP) is 4.18. The molecule has 2 aromatic heterocycles. The number of nitrogens with one attached hydrogen (secondary N) is 1. The lowest BCUT2D eigenvalue weighted by molar-refractivity contribution is -0.114. The van der Waals surface area contributed by atoms with Crippen LogP contribution in [0.25, 0.3) is 22.1 Å². The number of thioether (sulfide) groups is 1. The molecule has 6 nitrogen and oxygen atoms in total. The van der Waals surface area contributed by atoms with Crippen molar-refractivity contribution < 1.29 is 13.6 Å². The Balaban J connectivity index is 1.64. The van der Waals surface area contributed by atoms with Crippen LogP contribution in [0.4, 0.5) is 5.69 Å². The molecule has 0 unspecified atom stereocenters. The first-order valence-corrected chi connectivity index (χ1v) is 8.90. The van der Waals surface area contributed by atoms with Crippen LogP contribution in [0.1, 0.15) is 12.5 Å². The van der Waals surface area contributed by atoms with Crippen LogP contribution < -0.4 is 10.9 Å². The van der Waals surface area contributed by atoms with Crippen LogP contribution in [0.3, 0.4) is 0 Å². The number of carbonyl (C=O) groups excluding carboxylic acids is 1. The third-order valence-electron chi connectivity index (χ3n) is 3.78. The molecule has 1 amide bonds. The van der Waals surface area contributed by atoms with E-state index in [4.69, 9.17) is 8.83 Å². The van der Waals surface area contributed by atoms with Gasteiger partial charge in [0.1, 0.15) is 11.1 Å². The Morgan fingerprint density at radius 2 is 1.96 bits per heavy atom. The zero-order chi connectivity index (χ0) is 18.1. The highest BCUT2D eigenvalue weighted by molar-refractivity contribution is 7.98. The van der Waals surface area contributed by atoms with E-state index in [1.165, 1.54) is 24.8 Å². The molecule has 4 aromatic rings. The molecule has 0 fully saturated rings. The van der Waals surface area contributed by atoms with Crippen molar-refractivity contribution in [2.75, 3.05) is 5.32 Å². The highest BCUT2D eigenvalue weighted by Crippen LogP contribution is 2.29. The van der Waals surface area contributed by atoms with Gasteiger partial charge in [-0.2, -0.15) is 0 Å². The van der Waals surface area contributed by atoms with Crippen molar-refractivity contribution >= 4 is 45.4 Å². The predicted molar refractivity (Wildman–Crippen MR) is 100 cm³/mol. The molecule has 0 spiro atoms. The number of carbonyl (C=O) groups is 1. The number of benzene rings is 2. The van der Waals surface area contributed by atoms with Crippen molar-refractivity contribution in [1.29, 1.82) is 0 Å². The average Bonchev–Trinajstić information content (AvgIpc) is 3.01. The molecule has 0 aliphatic heterocycles. The highest BCUT2D eigenvalue weighted by Gasteiger charge is 2.11. The summed E-state index contributed by atoms with van der Waals surface area (Å²) in [6, 6.07) is 14.3. The summed E-state index contributed by atoms with van der Waals surface area (Å²) in [5.74, 6) is 0.323. The molecular formula is C19H14N2O4S. The fourth-order valence-corrected chi connectivity index (χ4v) is 3.51. The van der Waals surface area contributed by atoms with Crippen LogP contribution in [0.5, 0.6) is 0 Å². The maximum Gasteiger partial charge on any atom is 0.336 e. The Bertz CT molecular complexity index is 1150. The van der Waals surface area contributed by atoms with E-state index in [0.717, 1.165) is 22.0 Å². The van der Waals surface area contributed by atoms with Gasteiger partial charge in [0.25, 0.3) is 5.22 Å². The molecule has 0 aliphatic carbocycles. The molecule has 0 saturated heterocycles. The van der Waals surface area contributed by atoms with E-state index in [9.17, 15) is 9.59 Å². The lowest BCUT2D eigenvalue weighted by atomic mass is 10.1. The Morgan fingerprint density at radius 1 is 1.12 bits per heavy atom. The van der Waals surface area contributed by atoms with E-state index in [1.54, 1.807) is 12.1 Å². The van der Waals surface area contributed by atoms with Gasteiger partial charge in [0, 0.05) is 35.9 Å². The van der Waals surface area contributed by atoms with Gasteiger partial charge in [-0.1, -0.05) is 23.9 Å². The van der Waals surface area contributed by atoms with Crippen molar-refractivity contribution in [2.45, 2.75) is 17.9 Å². The molecule has 0 saturated carbocycles. The lowest BCUT2D eigenvalue weighted by Gasteiger charge is -2.06. The summed E-state index contributed by atoms with van der Waals surface area (Å²) in [5, 5.41) is 4.03. The lowest BCUT2D eigenvalue weighted by Crippen LogP contribution is -2.06. The van der Waals surface area contributed by atoms with Crippen molar-refractivity contribution in [3.05, 3.63) is 64.5 Å². The van der Waals surface area contributed by atoms with Crippen molar-refractivity contribution in [1.82, 2.24) is 4.98 Å². The largest absolute Gasteiger partial charge is 0.431 e. The molecular weight excluding hydrogens is 352 g/mol. The molecule has 2 aromatic carbocycles. The van der Waals surface area contributed by atoms with Crippen LogP contribution in [0.15, 0.2) is 67.4 Å². The van der Waals surface area contributed by atoms with Crippen LogP contribution in [0.2, 0.25) is 0 Å². The van der Waals surface area contributed by atoms with Gasteiger partial charge < -0.3 is 14.2 Å². The maximum atomic E-state index is 11.9. The van der Waals surface area contributed by atoms with E-state index in [2.05, 4.69) is 10.3 Å². The normalized spacial score (nSPS) is 11.1. The van der Waals surface area contributed by atoms with Crippen LogP contribution in [-0.4, -0.2) is 10.9 Å². The van der Waals surface area contributed by atoms with Gasteiger partial charge >= 0.3 is 5.63 Å². The third-order valence-corrected chi connectivity index (χ3v) is 4.65. The number of hydrogen-bond donors (Lipinski definition) is 1. The molecule has 7 heteroatoms. The van der Waals surface area contributed by atoms with E-state index >= 15 is 0 Å². The topological polar surface area (TPSA) is 85.3 Å². The zero-order valence-electron chi connectivity index (χ0n) is 13.8. The number of nitrogens with zero attached hydrogens (tertiary/aromatic N) is 1. The highest BCUT2D eigenvalue weighted by atomic mass is 32.2. The van der Waals surface area contributed by atoms with E-state index in [-0.39, 0.29) is 5.91 Å². The summed E-state index contributed by atoms with van der Waals surface area (Å²) < 4.78 is 11.0. The standard InChI is InChI=1S/C19H14N2O4S/c1-11(22)20-13-6-7-14-12(8-18(23)24-17(14)9-13)10-26-19-21-15-4-2-3-5-16(15)25-19/h2-9H,10H2,1H3,(H,20,22). The Morgan fingerprint density at radius 3 is 2.77 bits per heavy atom. The maximum absolute atomic E-state index is 11.9. The second-order valence-corrected chi connectivity index (χ2v) is 6.65. The van der Waals surface area contributed by atoms with Crippen LogP contribution in [0, 0.1) is 0 Å². The zero-order valence-corrected chi connectivity index (χ0v) is 14.6. The summed E-state index contributed by atoms with van der Waals surface area (Å²) in [5.41, 5.74) is 2.91. The summed E-state index contributed by atoms with van der Waals surface area (Å²) in [4.78, 5) is 27.5. The molecule has 0 bridgehead atoms. The number of amides is 1. The first-order valence-electron chi connectivity index (χ1n) is 7.91. The van der Waals surface area contributed by atoms with Gasteiger partial charge in [0.15, 0.2) is 5.58 Å². The van der Waals surface area contributed by atoms with Crippen molar-refractivity contribution in [3.8, 4) is 0 Å². The summed E-state index contributed by atoms with van der Waals surface area (Å²) >= 11 is 1.41. The number of hydrogen-bond acceptors (Lipinski definition) is 6. The fourth-order valence-electron chi connectivity index (χ4n) is 2.68. The molecule has 4 rings (SSSR count). The molecule has 2 heterocycles. The van der Waals surface area contributed by atoms with Crippen molar-refractivity contribution in [2.24, 2.45) is 0 Å². The minimum absolute atomic E-state index is 0.186. The molecule has 130 valence electrons. The molecule has 0 radical (unpaired) electrons. The van der Waals surface area contributed by atoms with E-state index in [0.29, 0.717) is 22.2 Å². The number of rotatable bonds is 4. The number of anilines is 1. The monoisotopic (exact) mass is 366 g/mol. The Kier molecular flexibility index (Phi) is 4.22. The average molecular weight is 366 g/mol. The quantitative estimate of drug-likeness (QED) is 0.431. The smallest absolute Gasteiger partial charge is 0.336 e. The minimum atomic E-state index is -0.439. The third kappa shape index (κ3) is 3.34. The summed E-state index contributed by atoms with van der Waals surface area (Å²) in [6.45, 7) is 1.42. The first kappa shape index (κ1) is 16.4. The number of fused-ring (bicyclic) bond motifs is 2. The van der Waals surface area contributed by atoms with Gasteiger partial charge in [-0.15, -0.1) is 0 Å². The molecule has 1 N–H and O–H groups in total. The summed E-state index contributed by atoms with van der Waals surface area (Å²) in [7, 11) is 0. The number of oxazole rings is 1. The Hall–Kier alpha value is -3.06. The first-order chi connectivity index (χ1) is 12.6. The van der Waals surface area contributed by atoms with E-state index in [1.807, 2.05) is 30.3 Å². The van der Waals surface area contributed by atoms with Crippen molar-refractivity contribution in [3.63, 3.8) is 0 Å².